The van der Waals surface area contributed by atoms with Crippen LogP contribution in [0.5, 0.6) is 0 Å². The van der Waals surface area contributed by atoms with Crippen molar-refractivity contribution in [1.82, 2.24) is 4.98 Å². The van der Waals surface area contributed by atoms with Gasteiger partial charge >= 0.3 is 5.97 Å². The van der Waals surface area contributed by atoms with Gasteiger partial charge in [0.2, 0.25) is 0 Å². The summed E-state index contributed by atoms with van der Waals surface area (Å²) in [5.74, 6) is -1.09. The number of carbonyl (C=O) groups excluding carboxylic acids is 2. The zero-order chi connectivity index (χ0) is 17.0. The lowest BCUT2D eigenvalue weighted by atomic mass is 10.1. The van der Waals surface area contributed by atoms with Crippen molar-refractivity contribution in [3.05, 3.63) is 58.4 Å². The van der Waals surface area contributed by atoms with Gasteiger partial charge in [-0.2, -0.15) is 0 Å². The Morgan fingerprint density at radius 2 is 1.83 bits per heavy atom. The maximum atomic E-state index is 12.2. The standard InChI is InChI=1S/C17H17ClN2O3/c1-10-6-4-7-11(2)14(10)20-16(21)12(3)23-17(22)13-8-5-9-19-15(13)18/h4-9,12H,1-3H3,(H,20,21). The van der Waals surface area contributed by atoms with Crippen LogP contribution in [0.4, 0.5) is 5.69 Å². The van der Waals surface area contributed by atoms with E-state index >= 15 is 0 Å². The van der Waals surface area contributed by atoms with E-state index in [9.17, 15) is 9.59 Å². The molecule has 1 aromatic carbocycles. The van der Waals surface area contributed by atoms with Gasteiger partial charge in [0.25, 0.3) is 5.91 Å². The minimum Gasteiger partial charge on any atom is -0.449 e. The van der Waals surface area contributed by atoms with E-state index in [4.69, 9.17) is 16.3 Å². The summed E-state index contributed by atoms with van der Waals surface area (Å²) in [6.45, 7) is 5.30. The average molecular weight is 333 g/mol. The Bertz CT molecular complexity index is 726. The maximum Gasteiger partial charge on any atom is 0.342 e. The van der Waals surface area contributed by atoms with Crippen molar-refractivity contribution in [3.63, 3.8) is 0 Å². The Balaban J connectivity index is 2.06. The summed E-state index contributed by atoms with van der Waals surface area (Å²) in [7, 11) is 0. The smallest absolute Gasteiger partial charge is 0.342 e. The molecule has 2 rings (SSSR count). The largest absolute Gasteiger partial charge is 0.449 e. The van der Waals surface area contributed by atoms with Crippen LogP contribution in [0.2, 0.25) is 5.15 Å². The summed E-state index contributed by atoms with van der Waals surface area (Å²) in [5.41, 5.74) is 2.72. The summed E-state index contributed by atoms with van der Waals surface area (Å²) in [6, 6.07) is 8.77. The molecule has 5 nitrogen and oxygen atoms in total. The third-order valence-corrected chi connectivity index (χ3v) is 3.66. The van der Waals surface area contributed by atoms with Gasteiger partial charge in [-0.15, -0.1) is 0 Å². The van der Waals surface area contributed by atoms with E-state index in [1.54, 1.807) is 6.07 Å². The lowest BCUT2D eigenvalue weighted by Gasteiger charge is -2.16. The molecule has 0 spiro atoms. The van der Waals surface area contributed by atoms with Crippen molar-refractivity contribution in [2.75, 3.05) is 5.32 Å². The van der Waals surface area contributed by atoms with Gasteiger partial charge in [0.15, 0.2) is 6.10 Å². The molecule has 0 bridgehead atoms. The van der Waals surface area contributed by atoms with Crippen LogP contribution in [0.25, 0.3) is 0 Å². The van der Waals surface area contributed by atoms with Crippen LogP contribution in [0.3, 0.4) is 0 Å². The second kappa shape index (κ2) is 7.24. The molecule has 1 atom stereocenters. The molecule has 1 N–H and O–H groups in total. The molecular weight excluding hydrogens is 316 g/mol. The van der Waals surface area contributed by atoms with E-state index in [0.29, 0.717) is 0 Å². The molecule has 1 aromatic heterocycles. The molecule has 0 aliphatic carbocycles. The van der Waals surface area contributed by atoms with Gasteiger partial charge in [-0.1, -0.05) is 29.8 Å². The zero-order valence-corrected chi connectivity index (χ0v) is 13.8. The van der Waals surface area contributed by atoms with Gasteiger partial charge in [0, 0.05) is 11.9 Å². The van der Waals surface area contributed by atoms with Crippen molar-refractivity contribution in [2.45, 2.75) is 26.9 Å². The first-order valence-electron chi connectivity index (χ1n) is 7.08. The molecule has 23 heavy (non-hydrogen) atoms. The Hall–Kier alpha value is -2.40. The number of anilines is 1. The number of carbonyl (C=O) groups is 2. The lowest BCUT2D eigenvalue weighted by molar-refractivity contribution is -0.123. The van der Waals surface area contributed by atoms with Crippen LogP contribution in [0.1, 0.15) is 28.4 Å². The predicted molar refractivity (Wildman–Crippen MR) is 88.7 cm³/mol. The molecule has 0 saturated carbocycles. The second-order valence-electron chi connectivity index (χ2n) is 5.15. The highest BCUT2D eigenvalue weighted by Gasteiger charge is 2.21. The normalized spacial score (nSPS) is 11.7. The monoisotopic (exact) mass is 332 g/mol. The molecule has 6 heteroatoms. The van der Waals surface area contributed by atoms with Gasteiger partial charge in [-0.05, 0) is 44.0 Å². The number of aryl methyl sites for hydroxylation is 2. The van der Waals surface area contributed by atoms with Crippen LogP contribution >= 0.6 is 11.6 Å². The molecule has 1 amide bonds. The van der Waals surface area contributed by atoms with Crippen molar-refractivity contribution >= 4 is 29.2 Å². The number of hydrogen-bond donors (Lipinski definition) is 1. The van der Waals surface area contributed by atoms with E-state index in [1.165, 1.54) is 19.2 Å². The number of halogens is 1. The van der Waals surface area contributed by atoms with Gasteiger partial charge in [-0.25, -0.2) is 9.78 Å². The SMILES string of the molecule is Cc1cccc(C)c1NC(=O)C(C)OC(=O)c1cccnc1Cl. The van der Waals surface area contributed by atoms with Crippen molar-refractivity contribution < 1.29 is 14.3 Å². The lowest BCUT2D eigenvalue weighted by Crippen LogP contribution is -2.30. The molecule has 0 aliphatic heterocycles. The quantitative estimate of drug-likeness (QED) is 0.687. The number of rotatable bonds is 4. The third kappa shape index (κ3) is 4.07. The van der Waals surface area contributed by atoms with Gasteiger partial charge in [0.1, 0.15) is 5.15 Å². The molecule has 120 valence electrons. The first-order chi connectivity index (χ1) is 10.9. The molecular formula is C17H17ClN2O3. The number of hydrogen-bond acceptors (Lipinski definition) is 4. The van der Waals surface area contributed by atoms with Crippen LogP contribution in [-0.4, -0.2) is 23.0 Å². The summed E-state index contributed by atoms with van der Waals surface area (Å²) >= 11 is 5.84. The predicted octanol–water partition coefficient (Wildman–Crippen LogP) is 3.54. The van der Waals surface area contributed by atoms with Crippen molar-refractivity contribution in [2.24, 2.45) is 0 Å². The number of nitrogens with zero attached hydrogens (tertiary/aromatic N) is 1. The fraction of sp³-hybridized carbons (Fsp3) is 0.235. The summed E-state index contributed by atoms with van der Waals surface area (Å²) < 4.78 is 5.16. The summed E-state index contributed by atoms with van der Waals surface area (Å²) in [6.07, 6.45) is 0.508. The van der Waals surface area contributed by atoms with E-state index < -0.39 is 18.0 Å². The number of nitrogens with one attached hydrogen (secondary N) is 1. The van der Waals surface area contributed by atoms with E-state index in [0.717, 1.165) is 16.8 Å². The summed E-state index contributed by atoms with van der Waals surface area (Å²) in [4.78, 5) is 28.1. The van der Waals surface area contributed by atoms with Crippen LogP contribution in [0.15, 0.2) is 36.5 Å². The molecule has 1 heterocycles. The maximum absolute atomic E-state index is 12.2. The average Bonchev–Trinajstić information content (AvgIpc) is 2.51. The number of ether oxygens (including phenoxy) is 1. The fourth-order valence-corrected chi connectivity index (χ4v) is 2.25. The molecule has 2 aromatic rings. The number of amides is 1. The van der Waals surface area contributed by atoms with Crippen LogP contribution < -0.4 is 5.32 Å². The molecule has 0 fully saturated rings. The fourth-order valence-electron chi connectivity index (χ4n) is 2.05. The van der Waals surface area contributed by atoms with E-state index in [-0.39, 0.29) is 10.7 Å². The summed E-state index contributed by atoms with van der Waals surface area (Å²) in [5, 5.41) is 2.83. The molecule has 0 saturated heterocycles. The van der Waals surface area contributed by atoms with Crippen molar-refractivity contribution in [3.8, 4) is 0 Å². The van der Waals surface area contributed by atoms with Crippen molar-refractivity contribution in [1.29, 1.82) is 0 Å². The van der Waals surface area contributed by atoms with Gasteiger partial charge in [-0.3, -0.25) is 4.79 Å². The third-order valence-electron chi connectivity index (χ3n) is 3.36. The first kappa shape index (κ1) is 17.0. The second-order valence-corrected chi connectivity index (χ2v) is 5.50. The minimum absolute atomic E-state index is 0.0415. The van der Waals surface area contributed by atoms with Gasteiger partial charge in [0.05, 0.1) is 5.56 Å². The van der Waals surface area contributed by atoms with Gasteiger partial charge < -0.3 is 10.1 Å². The number of benzene rings is 1. The first-order valence-corrected chi connectivity index (χ1v) is 7.46. The Morgan fingerprint density at radius 3 is 2.43 bits per heavy atom. The van der Waals surface area contributed by atoms with E-state index in [1.807, 2.05) is 32.0 Å². The number of para-hydroxylation sites is 1. The number of pyridine rings is 1. The highest BCUT2D eigenvalue weighted by atomic mass is 35.5. The molecule has 0 radical (unpaired) electrons. The highest BCUT2D eigenvalue weighted by Crippen LogP contribution is 2.20. The Labute approximate surface area is 139 Å². The molecule has 0 aliphatic rings. The Kier molecular flexibility index (Phi) is 5.34. The van der Waals surface area contributed by atoms with Crippen LogP contribution in [-0.2, 0) is 9.53 Å². The topological polar surface area (TPSA) is 68.3 Å². The zero-order valence-electron chi connectivity index (χ0n) is 13.1. The minimum atomic E-state index is -0.960. The Morgan fingerprint density at radius 1 is 1.17 bits per heavy atom. The number of esters is 1. The van der Waals surface area contributed by atoms with Crippen LogP contribution in [0, 0.1) is 13.8 Å². The number of aromatic nitrogens is 1. The van der Waals surface area contributed by atoms with E-state index in [2.05, 4.69) is 10.3 Å². The highest BCUT2D eigenvalue weighted by molar-refractivity contribution is 6.32. The molecule has 1 unspecified atom stereocenters.